The van der Waals surface area contributed by atoms with Crippen LogP contribution < -0.4 is 21.5 Å². The third-order valence-corrected chi connectivity index (χ3v) is 3.29. The van der Waals surface area contributed by atoms with Gasteiger partial charge in [-0.2, -0.15) is 0 Å². The van der Waals surface area contributed by atoms with Gasteiger partial charge in [0.1, 0.15) is 11.4 Å². The lowest BCUT2D eigenvalue weighted by molar-refractivity contribution is 1.07. The van der Waals surface area contributed by atoms with Crippen molar-refractivity contribution >= 4 is 11.4 Å². The number of hydrogen-bond donors (Lipinski definition) is 2. The van der Waals surface area contributed by atoms with Crippen molar-refractivity contribution < 1.29 is 0 Å². The predicted octanol–water partition coefficient (Wildman–Crippen LogP) is 1.30. The van der Waals surface area contributed by atoms with E-state index in [9.17, 15) is 9.59 Å². The van der Waals surface area contributed by atoms with Crippen molar-refractivity contribution in [3.05, 3.63) is 80.6 Å². The van der Waals surface area contributed by atoms with E-state index in [0.29, 0.717) is 24.5 Å². The van der Waals surface area contributed by atoms with Crippen LogP contribution in [0.25, 0.3) is 0 Å². The minimum atomic E-state index is -0.488. The van der Waals surface area contributed by atoms with Crippen LogP contribution in [0.5, 0.6) is 0 Å². The summed E-state index contributed by atoms with van der Waals surface area (Å²) in [5, 5.41) is 5.99. The summed E-state index contributed by atoms with van der Waals surface area (Å²) in [6.45, 7) is 0.889. The van der Waals surface area contributed by atoms with Gasteiger partial charge in [-0.25, -0.2) is 0 Å². The second-order valence-electron chi connectivity index (χ2n) is 4.84. The summed E-state index contributed by atoms with van der Waals surface area (Å²) in [5.74, 6) is 0. The molecule has 0 fully saturated rings. The highest BCUT2D eigenvalue weighted by Crippen LogP contribution is 2.16. The first-order valence-electron chi connectivity index (χ1n) is 6.84. The first-order valence-corrected chi connectivity index (χ1v) is 6.84. The lowest BCUT2D eigenvalue weighted by atomic mass is 10.1. The fourth-order valence-corrected chi connectivity index (χ4v) is 2.12. The van der Waals surface area contributed by atoms with Crippen molar-refractivity contribution in [3.63, 3.8) is 0 Å². The molecule has 1 aromatic carbocycles. The van der Waals surface area contributed by atoms with Gasteiger partial charge in [0.05, 0.1) is 0 Å². The van der Waals surface area contributed by atoms with Crippen LogP contribution in [-0.2, 0) is 13.1 Å². The summed E-state index contributed by atoms with van der Waals surface area (Å²) >= 11 is 0. The molecule has 2 N–H and O–H groups in total. The summed E-state index contributed by atoms with van der Waals surface area (Å²) in [5.41, 5.74) is 1.56. The Balaban J connectivity index is 1.67. The normalized spacial score (nSPS) is 10.5. The molecule has 0 bridgehead atoms. The molecule has 0 aliphatic heterocycles. The number of nitrogens with zero attached hydrogens (tertiary/aromatic N) is 2. The average molecular weight is 294 g/mol. The topological polar surface area (TPSA) is 84.0 Å². The van der Waals surface area contributed by atoms with E-state index in [1.807, 2.05) is 24.3 Å². The van der Waals surface area contributed by atoms with E-state index in [4.69, 9.17) is 0 Å². The molecule has 0 spiro atoms. The Labute approximate surface area is 126 Å². The van der Waals surface area contributed by atoms with Gasteiger partial charge >= 0.3 is 0 Å². The third kappa shape index (κ3) is 2.85. The maximum atomic E-state index is 11.7. The summed E-state index contributed by atoms with van der Waals surface area (Å²) in [7, 11) is 0. The molecule has 0 aliphatic carbocycles. The average Bonchev–Trinajstić information content (AvgIpc) is 2.58. The third-order valence-electron chi connectivity index (χ3n) is 3.29. The maximum absolute atomic E-state index is 11.7. The van der Waals surface area contributed by atoms with Crippen molar-refractivity contribution in [3.8, 4) is 0 Å². The first kappa shape index (κ1) is 13.9. The number of hydrogen-bond acceptors (Lipinski definition) is 6. The highest BCUT2D eigenvalue weighted by atomic mass is 16.2. The van der Waals surface area contributed by atoms with Gasteiger partial charge in [0.2, 0.25) is 0 Å². The molecule has 0 amide bonds. The summed E-state index contributed by atoms with van der Waals surface area (Å²) in [6, 6.07) is 7.43. The standard InChI is InChI=1S/C16H14N4O2/c21-15-13(19-9-11-3-1-5-17-7-11)14(16(15)22)20-10-12-4-2-6-18-8-12/h1-8,19-20H,9-10H2. The minimum Gasteiger partial charge on any atom is -0.376 e. The Bertz CT molecular complexity index is 753. The van der Waals surface area contributed by atoms with Crippen LogP contribution in [-0.4, -0.2) is 9.97 Å². The van der Waals surface area contributed by atoms with E-state index in [-0.39, 0.29) is 0 Å². The number of nitrogens with one attached hydrogen (secondary N) is 2. The zero-order chi connectivity index (χ0) is 15.4. The van der Waals surface area contributed by atoms with Gasteiger partial charge in [0, 0.05) is 37.9 Å². The van der Waals surface area contributed by atoms with E-state index in [1.54, 1.807) is 24.8 Å². The molecular weight excluding hydrogens is 280 g/mol. The highest BCUT2D eigenvalue weighted by Gasteiger charge is 2.20. The van der Waals surface area contributed by atoms with Gasteiger partial charge < -0.3 is 10.6 Å². The Morgan fingerprint density at radius 3 is 1.59 bits per heavy atom. The second-order valence-corrected chi connectivity index (χ2v) is 4.84. The van der Waals surface area contributed by atoms with Crippen LogP contribution in [0, 0.1) is 0 Å². The van der Waals surface area contributed by atoms with Crippen molar-refractivity contribution in [2.24, 2.45) is 0 Å². The number of aromatic nitrogens is 2. The SMILES string of the molecule is O=c1c(NCc2cccnc2)c(NCc2cccnc2)c1=O. The van der Waals surface area contributed by atoms with Crippen LogP contribution in [0.3, 0.4) is 0 Å². The lowest BCUT2D eigenvalue weighted by Gasteiger charge is -2.14. The molecule has 0 saturated heterocycles. The van der Waals surface area contributed by atoms with E-state index in [0.717, 1.165) is 11.1 Å². The van der Waals surface area contributed by atoms with Crippen molar-refractivity contribution in [1.29, 1.82) is 0 Å². The second kappa shape index (κ2) is 6.17. The fraction of sp³-hybridized carbons (Fsp3) is 0.125. The zero-order valence-corrected chi connectivity index (χ0v) is 11.7. The smallest absolute Gasteiger partial charge is 0.253 e. The number of pyridine rings is 2. The zero-order valence-electron chi connectivity index (χ0n) is 11.7. The van der Waals surface area contributed by atoms with Crippen LogP contribution in [0.2, 0.25) is 0 Å². The molecule has 0 saturated carbocycles. The molecule has 0 unspecified atom stereocenters. The van der Waals surface area contributed by atoms with E-state index in [2.05, 4.69) is 20.6 Å². The lowest BCUT2D eigenvalue weighted by Crippen LogP contribution is -2.37. The molecule has 3 rings (SSSR count). The van der Waals surface area contributed by atoms with E-state index >= 15 is 0 Å². The molecule has 6 heteroatoms. The monoisotopic (exact) mass is 294 g/mol. The number of anilines is 2. The largest absolute Gasteiger partial charge is 0.376 e. The van der Waals surface area contributed by atoms with Gasteiger partial charge in [-0.05, 0) is 23.3 Å². The molecule has 0 radical (unpaired) electrons. The van der Waals surface area contributed by atoms with Gasteiger partial charge in [0.25, 0.3) is 10.9 Å². The Hall–Kier alpha value is -3.02. The molecule has 22 heavy (non-hydrogen) atoms. The van der Waals surface area contributed by atoms with Crippen molar-refractivity contribution in [2.45, 2.75) is 13.1 Å². The molecule has 2 heterocycles. The van der Waals surface area contributed by atoms with Gasteiger partial charge in [-0.15, -0.1) is 0 Å². The molecule has 0 atom stereocenters. The van der Waals surface area contributed by atoms with Crippen LogP contribution in [0.4, 0.5) is 11.4 Å². The van der Waals surface area contributed by atoms with Gasteiger partial charge in [-0.3, -0.25) is 19.6 Å². The molecular formula is C16H14N4O2. The molecule has 3 aromatic rings. The first-order chi connectivity index (χ1) is 10.8. The van der Waals surface area contributed by atoms with E-state index < -0.39 is 10.9 Å². The van der Waals surface area contributed by atoms with Gasteiger partial charge in [0.15, 0.2) is 0 Å². The minimum absolute atomic E-state index is 0.331. The van der Waals surface area contributed by atoms with E-state index in [1.165, 1.54) is 0 Å². The summed E-state index contributed by atoms with van der Waals surface area (Å²) < 4.78 is 0. The summed E-state index contributed by atoms with van der Waals surface area (Å²) in [4.78, 5) is 31.3. The van der Waals surface area contributed by atoms with Gasteiger partial charge in [-0.1, -0.05) is 12.1 Å². The van der Waals surface area contributed by atoms with Crippen LogP contribution in [0.15, 0.2) is 58.6 Å². The molecule has 110 valence electrons. The number of rotatable bonds is 6. The Morgan fingerprint density at radius 1 is 0.773 bits per heavy atom. The molecule has 0 aliphatic rings. The van der Waals surface area contributed by atoms with Crippen molar-refractivity contribution in [1.82, 2.24) is 9.97 Å². The molecule has 2 aromatic heterocycles. The maximum Gasteiger partial charge on any atom is 0.253 e. The molecule has 6 nitrogen and oxygen atoms in total. The van der Waals surface area contributed by atoms with Crippen LogP contribution in [0.1, 0.15) is 11.1 Å². The van der Waals surface area contributed by atoms with Crippen molar-refractivity contribution in [2.75, 3.05) is 10.6 Å². The fourth-order valence-electron chi connectivity index (χ4n) is 2.12. The Kier molecular flexibility index (Phi) is 3.91. The Morgan fingerprint density at radius 2 is 1.23 bits per heavy atom. The summed E-state index contributed by atoms with van der Waals surface area (Å²) in [6.07, 6.45) is 6.78. The highest BCUT2D eigenvalue weighted by molar-refractivity contribution is 5.73. The van der Waals surface area contributed by atoms with Crippen LogP contribution >= 0.6 is 0 Å². The quantitative estimate of drug-likeness (QED) is 0.667. The predicted molar refractivity (Wildman–Crippen MR) is 84.5 cm³/mol.